The lowest BCUT2D eigenvalue weighted by atomic mass is 9.99. The van der Waals surface area contributed by atoms with Gasteiger partial charge in [0.15, 0.2) is 0 Å². The topological polar surface area (TPSA) is 52.6 Å². The zero-order chi connectivity index (χ0) is 31.6. The van der Waals surface area contributed by atoms with Crippen LogP contribution in [-0.2, 0) is 9.47 Å². The molecule has 4 nitrogen and oxygen atoms in total. The molecule has 4 heteroatoms. The van der Waals surface area contributed by atoms with Crippen LogP contribution < -0.4 is 0 Å². The summed E-state index contributed by atoms with van der Waals surface area (Å²) in [6.45, 7) is 8.42. The summed E-state index contributed by atoms with van der Waals surface area (Å²) in [4.78, 5) is 25.3. The molecule has 44 heavy (non-hydrogen) atoms. The first kappa shape index (κ1) is 35.1. The number of unbranched alkanes of at least 4 members (excludes halogenated alkanes) is 10. The summed E-state index contributed by atoms with van der Waals surface area (Å²) in [6.07, 6.45) is 16.5. The molecule has 0 aliphatic heterocycles. The number of hydrogen-bond donors (Lipinski definition) is 0. The number of carbonyl (C=O) groups excluding carboxylic acids is 2. The normalized spacial score (nSPS) is 12.5. The van der Waals surface area contributed by atoms with E-state index in [1.165, 1.54) is 64.2 Å². The molecule has 0 saturated carbocycles. The maximum atomic E-state index is 12.6. The van der Waals surface area contributed by atoms with Gasteiger partial charge in [0.05, 0.1) is 23.3 Å². The van der Waals surface area contributed by atoms with Crippen LogP contribution in [0, 0.1) is 0 Å². The molecule has 3 aromatic rings. The van der Waals surface area contributed by atoms with Crippen LogP contribution >= 0.6 is 0 Å². The van der Waals surface area contributed by atoms with Gasteiger partial charge in [-0.25, -0.2) is 9.59 Å². The predicted molar refractivity (Wildman–Crippen MR) is 183 cm³/mol. The van der Waals surface area contributed by atoms with Gasteiger partial charge in [-0.1, -0.05) is 127 Å². The van der Waals surface area contributed by atoms with Gasteiger partial charge in [0.2, 0.25) is 0 Å². The van der Waals surface area contributed by atoms with E-state index in [-0.39, 0.29) is 24.1 Å². The third-order valence-corrected chi connectivity index (χ3v) is 8.34. The minimum atomic E-state index is -0.259. The first-order chi connectivity index (χ1) is 21.4. The summed E-state index contributed by atoms with van der Waals surface area (Å²) in [5.41, 5.74) is 5.39. The van der Waals surface area contributed by atoms with Crippen molar-refractivity contribution in [3.05, 3.63) is 83.9 Å². The molecule has 0 saturated heterocycles. The second kappa shape index (κ2) is 19.8. The summed E-state index contributed by atoms with van der Waals surface area (Å²) >= 11 is 0. The summed E-state index contributed by atoms with van der Waals surface area (Å²) in [5.74, 6) is -0.519. The molecule has 0 amide bonds. The Morgan fingerprint density at radius 3 is 1.05 bits per heavy atom. The van der Waals surface area contributed by atoms with E-state index in [4.69, 9.17) is 9.47 Å². The number of benzene rings is 3. The predicted octanol–water partition coefficient (Wildman–Crippen LogP) is 11.6. The van der Waals surface area contributed by atoms with Crippen LogP contribution in [-0.4, -0.2) is 24.1 Å². The summed E-state index contributed by atoms with van der Waals surface area (Å²) < 4.78 is 11.4. The number of esters is 2. The zero-order valence-electron chi connectivity index (χ0n) is 27.6. The van der Waals surface area contributed by atoms with Crippen LogP contribution in [0.3, 0.4) is 0 Å². The van der Waals surface area contributed by atoms with Crippen molar-refractivity contribution in [1.29, 1.82) is 0 Å². The average molecular weight is 599 g/mol. The smallest absolute Gasteiger partial charge is 0.338 e. The molecule has 0 radical (unpaired) electrons. The molecule has 238 valence electrons. The quantitative estimate of drug-likeness (QED) is 0.0959. The Morgan fingerprint density at radius 1 is 0.455 bits per heavy atom. The second-order valence-electron chi connectivity index (χ2n) is 12.3. The fourth-order valence-electron chi connectivity index (χ4n) is 5.50. The lowest BCUT2D eigenvalue weighted by molar-refractivity contribution is 0.0309. The van der Waals surface area contributed by atoms with Crippen molar-refractivity contribution in [2.75, 3.05) is 0 Å². The van der Waals surface area contributed by atoms with Crippen molar-refractivity contribution in [2.24, 2.45) is 0 Å². The number of ether oxygens (including phenoxy) is 2. The van der Waals surface area contributed by atoms with E-state index in [2.05, 4.69) is 38.1 Å². The highest BCUT2D eigenvalue weighted by molar-refractivity contribution is 5.91. The molecule has 0 heterocycles. The highest BCUT2D eigenvalue weighted by Crippen LogP contribution is 2.26. The van der Waals surface area contributed by atoms with Crippen molar-refractivity contribution in [1.82, 2.24) is 0 Å². The number of rotatable bonds is 20. The Balaban J connectivity index is 1.46. The first-order valence-corrected chi connectivity index (χ1v) is 17.1. The van der Waals surface area contributed by atoms with Crippen molar-refractivity contribution < 1.29 is 19.1 Å². The lowest BCUT2D eigenvalue weighted by Crippen LogP contribution is -2.15. The largest absolute Gasteiger partial charge is 0.459 e. The highest BCUT2D eigenvalue weighted by Gasteiger charge is 2.14. The third-order valence-electron chi connectivity index (χ3n) is 8.34. The van der Waals surface area contributed by atoms with Gasteiger partial charge in [-0.05, 0) is 86.1 Å². The van der Waals surface area contributed by atoms with Gasteiger partial charge in [0.25, 0.3) is 0 Å². The van der Waals surface area contributed by atoms with E-state index in [1.807, 2.05) is 62.4 Å². The Morgan fingerprint density at radius 2 is 0.727 bits per heavy atom. The Bertz CT molecular complexity index is 1130. The summed E-state index contributed by atoms with van der Waals surface area (Å²) in [5, 5.41) is 0. The van der Waals surface area contributed by atoms with Gasteiger partial charge in [0.1, 0.15) is 0 Å². The standard InChI is InChI=1S/C40H54O4/c1-5-7-9-11-13-15-17-31(3)43-39(41)37-27-23-35(24-28-37)33-19-21-34(22-20-33)36-25-29-38(30-26-36)40(42)44-32(4)18-16-14-12-10-8-6-2/h19-32H,5-18H2,1-4H3/t31-,32-/m1/s1. The number of hydrogen-bond acceptors (Lipinski definition) is 4. The minimum Gasteiger partial charge on any atom is -0.459 e. The minimum absolute atomic E-state index is 0.0703. The van der Waals surface area contributed by atoms with Gasteiger partial charge in [-0.2, -0.15) is 0 Å². The van der Waals surface area contributed by atoms with E-state index in [1.54, 1.807) is 0 Å². The monoisotopic (exact) mass is 598 g/mol. The molecule has 0 aliphatic rings. The molecule has 0 bridgehead atoms. The molecule has 3 rings (SSSR count). The average Bonchev–Trinajstić information content (AvgIpc) is 3.04. The van der Waals surface area contributed by atoms with Gasteiger partial charge in [-0.3, -0.25) is 0 Å². The zero-order valence-corrected chi connectivity index (χ0v) is 27.6. The van der Waals surface area contributed by atoms with E-state index < -0.39 is 0 Å². The Kier molecular flexibility index (Phi) is 15.8. The maximum absolute atomic E-state index is 12.6. The van der Waals surface area contributed by atoms with Gasteiger partial charge in [0, 0.05) is 0 Å². The fraction of sp³-hybridized carbons (Fsp3) is 0.500. The van der Waals surface area contributed by atoms with E-state index in [0.29, 0.717) is 11.1 Å². The highest BCUT2D eigenvalue weighted by atomic mass is 16.5. The van der Waals surface area contributed by atoms with Gasteiger partial charge < -0.3 is 9.47 Å². The molecule has 3 aromatic carbocycles. The molecular weight excluding hydrogens is 544 g/mol. The van der Waals surface area contributed by atoms with Crippen LogP contribution in [0.1, 0.15) is 138 Å². The van der Waals surface area contributed by atoms with E-state index >= 15 is 0 Å². The summed E-state index contributed by atoms with van der Waals surface area (Å²) in [7, 11) is 0. The van der Waals surface area contributed by atoms with Crippen LogP contribution in [0.15, 0.2) is 72.8 Å². The Labute approximate surface area is 266 Å². The molecule has 0 spiro atoms. The van der Waals surface area contributed by atoms with Crippen molar-refractivity contribution in [3.8, 4) is 22.3 Å². The fourth-order valence-corrected chi connectivity index (χ4v) is 5.50. The maximum Gasteiger partial charge on any atom is 0.338 e. The van der Waals surface area contributed by atoms with Crippen LogP contribution in [0.5, 0.6) is 0 Å². The third kappa shape index (κ3) is 12.3. The van der Waals surface area contributed by atoms with Crippen molar-refractivity contribution in [3.63, 3.8) is 0 Å². The molecule has 0 aromatic heterocycles. The molecule has 0 aliphatic carbocycles. The van der Waals surface area contributed by atoms with Crippen molar-refractivity contribution >= 4 is 11.9 Å². The summed E-state index contributed by atoms with van der Waals surface area (Å²) in [6, 6.07) is 23.6. The molecule has 0 fully saturated rings. The van der Waals surface area contributed by atoms with Crippen LogP contribution in [0.4, 0.5) is 0 Å². The van der Waals surface area contributed by atoms with E-state index in [9.17, 15) is 9.59 Å². The Hall–Kier alpha value is -3.40. The van der Waals surface area contributed by atoms with Crippen molar-refractivity contribution in [2.45, 2.75) is 130 Å². The molecule has 0 N–H and O–H groups in total. The molecule has 2 atom stereocenters. The molecule has 0 unspecified atom stereocenters. The molecular formula is C40H54O4. The van der Waals surface area contributed by atoms with Crippen LogP contribution in [0.2, 0.25) is 0 Å². The van der Waals surface area contributed by atoms with Gasteiger partial charge >= 0.3 is 11.9 Å². The van der Waals surface area contributed by atoms with E-state index in [0.717, 1.165) is 47.9 Å². The lowest BCUT2D eigenvalue weighted by Gasteiger charge is -2.14. The first-order valence-electron chi connectivity index (χ1n) is 17.1. The van der Waals surface area contributed by atoms with Gasteiger partial charge in [-0.15, -0.1) is 0 Å². The number of carbonyl (C=O) groups is 2. The SMILES string of the molecule is CCCCCCCC[C@@H](C)OC(=O)c1ccc(-c2ccc(-c3ccc(C(=O)O[C@H](C)CCCCCCCC)cc3)cc2)cc1. The van der Waals surface area contributed by atoms with Crippen LogP contribution in [0.25, 0.3) is 22.3 Å². The second-order valence-corrected chi connectivity index (χ2v) is 12.3.